The molecule has 1 aliphatic rings. The van der Waals surface area contributed by atoms with Crippen molar-refractivity contribution in [3.05, 3.63) is 0 Å². The van der Waals surface area contributed by atoms with Crippen LogP contribution in [0.5, 0.6) is 0 Å². The van der Waals surface area contributed by atoms with Crippen LogP contribution in [0.25, 0.3) is 0 Å². The predicted octanol–water partition coefficient (Wildman–Crippen LogP) is -2.21. The summed E-state index contributed by atoms with van der Waals surface area (Å²) in [5, 5.41) is 13.5. The maximum atomic E-state index is 6.18. The first-order valence-electron chi connectivity index (χ1n) is 6.82. The summed E-state index contributed by atoms with van der Waals surface area (Å²) in [4.78, 5) is 0. The summed E-state index contributed by atoms with van der Waals surface area (Å²) in [6, 6.07) is 0. The molecule has 8 N–H and O–H groups in total. The van der Waals surface area contributed by atoms with Gasteiger partial charge < -0.3 is 32.7 Å². The van der Waals surface area contributed by atoms with Crippen LogP contribution in [0.3, 0.4) is 0 Å². The molecule has 0 aromatic rings. The van der Waals surface area contributed by atoms with Crippen LogP contribution in [0.2, 0.25) is 0 Å². The molecule has 1 heterocycles. The molecule has 1 aliphatic heterocycles. The zero-order valence-electron chi connectivity index (χ0n) is 11.8. The normalized spacial score (nSPS) is 38.0. The third kappa shape index (κ3) is 7.25. The van der Waals surface area contributed by atoms with E-state index in [-0.39, 0.29) is 11.1 Å². The third-order valence-electron chi connectivity index (χ3n) is 3.07. The Labute approximate surface area is 111 Å². The van der Waals surface area contributed by atoms with Crippen molar-refractivity contribution in [2.24, 2.45) is 11.5 Å². The minimum Gasteiger partial charge on any atom is -0.323 e. The molecule has 1 rings (SSSR count). The van der Waals surface area contributed by atoms with Gasteiger partial charge in [-0.3, -0.25) is 0 Å². The van der Waals surface area contributed by atoms with E-state index in [0.717, 1.165) is 52.4 Å². The second-order valence-electron chi connectivity index (χ2n) is 6.02. The first kappa shape index (κ1) is 15.8. The molecule has 1 fully saturated rings. The second-order valence-corrected chi connectivity index (χ2v) is 6.02. The van der Waals surface area contributed by atoms with Crippen LogP contribution in [0, 0.1) is 0 Å². The molecule has 0 aromatic heterocycles. The highest BCUT2D eigenvalue weighted by atomic mass is 15.0. The van der Waals surface area contributed by atoms with E-state index in [1.165, 1.54) is 0 Å². The molecule has 6 heteroatoms. The minimum absolute atomic E-state index is 0.202. The molecule has 0 saturated carbocycles. The molecule has 0 aliphatic carbocycles. The van der Waals surface area contributed by atoms with Gasteiger partial charge in [0.05, 0.1) is 0 Å². The van der Waals surface area contributed by atoms with E-state index >= 15 is 0 Å². The highest BCUT2D eigenvalue weighted by molar-refractivity contribution is 4.86. The lowest BCUT2D eigenvalue weighted by molar-refractivity contribution is 0.369. The molecular formula is C12H30N6. The Morgan fingerprint density at radius 1 is 0.611 bits per heavy atom. The number of hydrogen-bond acceptors (Lipinski definition) is 6. The van der Waals surface area contributed by atoms with E-state index in [1.807, 2.05) is 0 Å². The molecule has 108 valence electrons. The summed E-state index contributed by atoms with van der Waals surface area (Å²) in [5.74, 6) is 0. The van der Waals surface area contributed by atoms with E-state index in [0.29, 0.717) is 0 Å². The van der Waals surface area contributed by atoms with Gasteiger partial charge in [0, 0.05) is 63.4 Å². The SMILES string of the molecule is CC1(N)CNCCNCC(C)(N)CNCCNC1. The van der Waals surface area contributed by atoms with Crippen molar-refractivity contribution < 1.29 is 0 Å². The Balaban J connectivity index is 2.36. The van der Waals surface area contributed by atoms with Crippen molar-refractivity contribution in [2.45, 2.75) is 24.9 Å². The maximum absolute atomic E-state index is 6.18. The van der Waals surface area contributed by atoms with Crippen LogP contribution in [0.15, 0.2) is 0 Å². The van der Waals surface area contributed by atoms with Gasteiger partial charge in [-0.25, -0.2) is 0 Å². The highest BCUT2D eigenvalue weighted by Gasteiger charge is 2.19. The van der Waals surface area contributed by atoms with Gasteiger partial charge >= 0.3 is 0 Å². The summed E-state index contributed by atoms with van der Waals surface area (Å²) < 4.78 is 0. The predicted molar refractivity (Wildman–Crippen MR) is 76.7 cm³/mol. The van der Waals surface area contributed by atoms with Crippen molar-refractivity contribution >= 4 is 0 Å². The minimum atomic E-state index is -0.202. The molecular weight excluding hydrogens is 228 g/mol. The first-order valence-corrected chi connectivity index (χ1v) is 6.82. The van der Waals surface area contributed by atoms with Gasteiger partial charge in [-0.15, -0.1) is 0 Å². The number of rotatable bonds is 0. The standard InChI is InChI=1S/C12H30N6/c1-11(13)7-15-3-5-17-9-12(2,14)10-18-6-4-16-8-11/h15-18H,3-10,13-14H2,1-2H3. The number of nitrogens with one attached hydrogen (secondary N) is 4. The van der Waals surface area contributed by atoms with Crippen LogP contribution in [-0.2, 0) is 0 Å². The van der Waals surface area contributed by atoms with Gasteiger partial charge in [0.1, 0.15) is 0 Å². The lowest BCUT2D eigenvalue weighted by atomic mass is 10.0. The summed E-state index contributed by atoms with van der Waals surface area (Å²) in [6.45, 7) is 11.0. The first-order chi connectivity index (χ1) is 8.41. The molecule has 0 unspecified atom stereocenters. The zero-order chi connectivity index (χ0) is 13.5. The largest absolute Gasteiger partial charge is 0.323 e. The van der Waals surface area contributed by atoms with E-state index in [9.17, 15) is 0 Å². The van der Waals surface area contributed by atoms with E-state index in [2.05, 4.69) is 35.1 Å². The van der Waals surface area contributed by atoms with E-state index in [1.54, 1.807) is 0 Å². The van der Waals surface area contributed by atoms with Gasteiger partial charge in [-0.1, -0.05) is 0 Å². The van der Waals surface area contributed by atoms with Crippen LogP contribution in [-0.4, -0.2) is 63.4 Å². The zero-order valence-corrected chi connectivity index (χ0v) is 11.8. The molecule has 6 nitrogen and oxygen atoms in total. The Kier molecular flexibility index (Phi) is 6.48. The van der Waals surface area contributed by atoms with E-state index in [4.69, 9.17) is 11.5 Å². The molecule has 0 bridgehead atoms. The van der Waals surface area contributed by atoms with Gasteiger partial charge in [0.15, 0.2) is 0 Å². The molecule has 0 aromatic carbocycles. The van der Waals surface area contributed by atoms with Crippen molar-refractivity contribution in [3.8, 4) is 0 Å². The van der Waals surface area contributed by atoms with Crippen LogP contribution in [0.1, 0.15) is 13.8 Å². The fourth-order valence-corrected chi connectivity index (χ4v) is 1.97. The van der Waals surface area contributed by atoms with Crippen LogP contribution < -0.4 is 32.7 Å². The highest BCUT2D eigenvalue weighted by Crippen LogP contribution is 1.96. The quantitative estimate of drug-likeness (QED) is 0.295. The van der Waals surface area contributed by atoms with Gasteiger partial charge in [-0.2, -0.15) is 0 Å². The van der Waals surface area contributed by atoms with Gasteiger partial charge in [0.2, 0.25) is 0 Å². The maximum Gasteiger partial charge on any atom is 0.0378 e. The van der Waals surface area contributed by atoms with Crippen LogP contribution >= 0.6 is 0 Å². The average Bonchev–Trinajstić information content (AvgIpc) is 2.27. The smallest absolute Gasteiger partial charge is 0.0378 e. The lowest BCUT2D eigenvalue weighted by Crippen LogP contribution is -2.57. The fraction of sp³-hybridized carbons (Fsp3) is 1.00. The molecule has 1 saturated heterocycles. The summed E-state index contributed by atoms with van der Waals surface area (Å²) in [5.41, 5.74) is 12.0. The van der Waals surface area contributed by atoms with Crippen molar-refractivity contribution in [1.29, 1.82) is 0 Å². The third-order valence-corrected chi connectivity index (χ3v) is 3.07. The van der Waals surface area contributed by atoms with Crippen molar-refractivity contribution in [2.75, 3.05) is 52.4 Å². The Morgan fingerprint density at radius 3 is 1.06 bits per heavy atom. The molecule has 0 amide bonds. The molecule has 0 spiro atoms. The number of hydrogen-bond donors (Lipinski definition) is 6. The van der Waals surface area contributed by atoms with Crippen molar-refractivity contribution in [3.63, 3.8) is 0 Å². The fourth-order valence-electron chi connectivity index (χ4n) is 1.97. The Bertz CT molecular complexity index is 185. The summed E-state index contributed by atoms with van der Waals surface area (Å²) in [7, 11) is 0. The molecule has 0 atom stereocenters. The molecule has 0 radical (unpaired) electrons. The summed E-state index contributed by atoms with van der Waals surface area (Å²) in [6.07, 6.45) is 0. The van der Waals surface area contributed by atoms with Gasteiger partial charge in [0.25, 0.3) is 0 Å². The van der Waals surface area contributed by atoms with Crippen LogP contribution in [0.4, 0.5) is 0 Å². The Hall–Kier alpha value is -0.240. The number of nitrogens with two attached hydrogens (primary N) is 2. The van der Waals surface area contributed by atoms with Crippen molar-refractivity contribution in [1.82, 2.24) is 21.3 Å². The Morgan fingerprint density at radius 2 is 0.833 bits per heavy atom. The lowest BCUT2D eigenvalue weighted by Gasteiger charge is -2.28. The van der Waals surface area contributed by atoms with E-state index < -0.39 is 0 Å². The van der Waals surface area contributed by atoms with Gasteiger partial charge in [-0.05, 0) is 13.8 Å². The second kappa shape index (κ2) is 7.37. The molecule has 18 heavy (non-hydrogen) atoms. The average molecular weight is 258 g/mol. The summed E-state index contributed by atoms with van der Waals surface area (Å²) >= 11 is 0. The topological polar surface area (TPSA) is 100 Å². The monoisotopic (exact) mass is 258 g/mol.